The van der Waals surface area contributed by atoms with E-state index in [9.17, 15) is 10.1 Å². The Balaban J connectivity index is 1.83. The molecule has 0 fully saturated rings. The fourth-order valence-corrected chi connectivity index (χ4v) is 2.88. The van der Waals surface area contributed by atoms with Gasteiger partial charge in [0.25, 0.3) is 5.69 Å². The van der Waals surface area contributed by atoms with Gasteiger partial charge in [-0.25, -0.2) is 4.99 Å². The van der Waals surface area contributed by atoms with E-state index in [1.807, 2.05) is 18.2 Å². The van der Waals surface area contributed by atoms with Crippen molar-refractivity contribution in [1.82, 2.24) is 10.4 Å². The Morgan fingerprint density at radius 1 is 1.04 bits per heavy atom. The number of pyridine rings is 1. The van der Waals surface area contributed by atoms with E-state index in [2.05, 4.69) is 20.5 Å². The molecule has 1 aromatic heterocycles. The summed E-state index contributed by atoms with van der Waals surface area (Å²) in [7, 11) is 0. The largest absolute Gasteiger partial charge is 0.269 e. The summed E-state index contributed by atoms with van der Waals surface area (Å²) in [6.45, 7) is 0. The average molecular weight is 378 g/mol. The molecular weight excluding hydrogens is 366 g/mol. The number of hydrogen-bond donors (Lipinski definition) is 1. The molecule has 1 aliphatic rings. The van der Waals surface area contributed by atoms with Crippen LogP contribution in [0.4, 0.5) is 11.4 Å². The highest BCUT2D eigenvalue weighted by atomic mass is 35.5. The van der Waals surface area contributed by atoms with Gasteiger partial charge in [0.15, 0.2) is 5.84 Å². The van der Waals surface area contributed by atoms with E-state index in [4.69, 9.17) is 11.6 Å². The summed E-state index contributed by atoms with van der Waals surface area (Å²) in [4.78, 5) is 19.2. The normalized spacial score (nSPS) is 12.9. The Labute approximate surface area is 159 Å². The number of fused-ring (bicyclic) bond motifs is 1. The van der Waals surface area contributed by atoms with Crippen molar-refractivity contribution in [3.8, 4) is 0 Å². The summed E-state index contributed by atoms with van der Waals surface area (Å²) >= 11 is 6.18. The molecule has 1 N–H and O–H groups in total. The Morgan fingerprint density at radius 3 is 2.56 bits per heavy atom. The van der Waals surface area contributed by atoms with Crippen LogP contribution >= 0.6 is 11.6 Å². The summed E-state index contributed by atoms with van der Waals surface area (Å²) in [6.07, 6.45) is 3.37. The molecule has 1 aliphatic heterocycles. The predicted octanol–water partition coefficient (Wildman–Crippen LogP) is 4.08. The molecule has 4 rings (SSSR count). The number of nitrogens with one attached hydrogen (secondary N) is 1. The van der Waals surface area contributed by atoms with Crippen molar-refractivity contribution in [1.29, 1.82) is 0 Å². The van der Waals surface area contributed by atoms with Crippen molar-refractivity contribution >= 4 is 34.5 Å². The second kappa shape index (κ2) is 6.97. The van der Waals surface area contributed by atoms with Gasteiger partial charge in [-0.3, -0.25) is 20.5 Å². The first-order chi connectivity index (χ1) is 13.1. The van der Waals surface area contributed by atoms with E-state index in [1.54, 1.807) is 36.7 Å². The summed E-state index contributed by atoms with van der Waals surface area (Å²) in [5, 5.41) is 15.9. The zero-order valence-corrected chi connectivity index (χ0v) is 14.6. The van der Waals surface area contributed by atoms with E-state index in [0.29, 0.717) is 27.8 Å². The van der Waals surface area contributed by atoms with E-state index >= 15 is 0 Å². The van der Waals surface area contributed by atoms with Crippen LogP contribution in [-0.2, 0) is 0 Å². The molecule has 0 unspecified atom stereocenters. The predicted molar refractivity (Wildman–Crippen MR) is 104 cm³/mol. The number of nitrogens with zero attached hydrogens (tertiary/aromatic N) is 4. The molecule has 0 bridgehead atoms. The van der Waals surface area contributed by atoms with E-state index in [1.165, 1.54) is 12.1 Å². The Kier molecular flexibility index (Phi) is 4.35. The molecule has 0 atom stereocenters. The number of non-ortho nitro benzene ring substituents is 1. The van der Waals surface area contributed by atoms with Gasteiger partial charge in [0.1, 0.15) is 5.71 Å². The molecule has 132 valence electrons. The monoisotopic (exact) mass is 377 g/mol. The number of aliphatic imine (C=N–C) groups is 1. The van der Waals surface area contributed by atoms with Gasteiger partial charge in [0.05, 0.1) is 10.6 Å². The second-order valence-corrected chi connectivity index (χ2v) is 6.18. The van der Waals surface area contributed by atoms with Gasteiger partial charge in [0.2, 0.25) is 0 Å². The Bertz CT molecular complexity index is 1080. The molecule has 0 spiro atoms. The van der Waals surface area contributed by atoms with Crippen LogP contribution < -0.4 is 5.43 Å². The standard InChI is InChI=1S/C19H12ClN5O2/c20-14-5-8-17-16(10-14)18(12-3-6-15(7-4-12)25(26)27)23-24-19(22-17)13-2-1-9-21-11-13/h1-11H,(H,22,24). The van der Waals surface area contributed by atoms with Crippen molar-refractivity contribution in [2.45, 2.75) is 0 Å². The van der Waals surface area contributed by atoms with Crippen LogP contribution in [0.1, 0.15) is 16.7 Å². The topological polar surface area (TPSA) is 92.8 Å². The number of nitro benzene ring substituents is 1. The number of aromatic nitrogens is 1. The van der Waals surface area contributed by atoms with Crippen molar-refractivity contribution in [2.24, 2.45) is 10.1 Å². The molecule has 0 amide bonds. The quantitative estimate of drug-likeness (QED) is 0.549. The lowest BCUT2D eigenvalue weighted by Gasteiger charge is -2.08. The third-order valence-electron chi connectivity index (χ3n) is 4.01. The van der Waals surface area contributed by atoms with E-state index in [-0.39, 0.29) is 5.69 Å². The fourth-order valence-electron chi connectivity index (χ4n) is 2.70. The van der Waals surface area contributed by atoms with Gasteiger partial charge in [-0.05, 0) is 42.5 Å². The maximum Gasteiger partial charge on any atom is 0.269 e. The number of amidine groups is 1. The van der Waals surface area contributed by atoms with E-state index < -0.39 is 4.92 Å². The number of hydrogen-bond acceptors (Lipinski definition) is 6. The molecule has 0 aliphatic carbocycles. The lowest BCUT2D eigenvalue weighted by molar-refractivity contribution is -0.384. The number of hydrazone groups is 1. The molecule has 2 heterocycles. The maximum atomic E-state index is 10.9. The van der Waals surface area contributed by atoms with Crippen molar-refractivity contribution in [3.05, 3.63) is 98.8 Å². The fraction of sp³-hybridized carbons (Fsp3) is 0. The highest BCUT2D eigenvalue weighted by Crippen LogP contribution is 2.29. The molecule has 7 nitrogen and oxygen atoms in total. The van der Waals surface area contributed by atoms with Gasteiger partial charge in [-0.1, -0.05) is 11.6 Å². The SMILES string of the molecule is O=[N+]([O-])c1ccc(C2=NNC(c3cccnc3)=Nc3ccc(Cl)cc32)cc1. The van der Waals surface area contributed by atoms with Crippen molar-refractivity contribution in [3.63, 3.8) is 0 Å². The maximum absolute atomic E-state index is 10.9. The minimum absolute atomic E-state index is 0.0135. The van der Waals surface area contributed by atoms with Crippen LogP contribution in [0, 0.1) is 10.1 Å². The summed E-state index contributed by atoms with van der Waals surface area (Å²) < 4.78 is 0. The number of halogens is 1. The molecule has 0 saturated heterocycles. The Hall–Kier alpha value is -3.58. The van der Waals surface area contributed by atoms with Gasteiger partial charge in [-0.15, -0.1) is 0 Å². The molecule has 2 aromatic carbocycles. The highest BCUT2D eigenvalue weighted by molar-refractivity contribution is 6.31. The van der Waals surface area contributed by atoms with Crippen molar-refractivity contribution in [2.75, 3.05) is 0 Å². The van der Waals surface area contributed by atoms with Gasteiger partial charge in [0, 0.05) is 46.2 Å². The van der Waals surface area contributed by atoms with Gasteiger partial charge < -0.3 is 0 Å². The van der Waals surface area contributed by atoms with Gasteiger partial charge in [-0.2, -0.15) is 5.10 Å². The zero-order chi connectivity index (χ0) is 18.8. The first kappa shape index (κ1) is 16.9. The van der Waals surface area contributed by atoms with Crippen LogP contribution in [0.2, 0.25) is 5.02 Å². The van der Waals surface area contributed by atoms with Crippen LogP contribution in [0.3, 0.4) is 0 Å². The van der Waals surface area contributed by atoms with Crippen molar-refractivity contribution < 1.29 is 4.92 Å². The Morgan fingerprint density at radius 2 is 1.85 bits per heavy atom. The van der Waals surface area contributed by atoms with Crippen LogP contribution in [0.5, 0.6) is 0 Å². The summed E-state index contributed by atoms with van der Waals surface area (Å²) in [5.41, 5.74) is 6.47. The molecule has 0 radical (unpaired) electrons. The average Bonchev–Trinajstić information content (AvgIpc) is 2.88. The lowest BCUT2D eigenvalue weighted by Crippen LogP contribution is -2.19. The summed E-state index contributed by atoms with van der Waals surface area (Å²) in [6, 6.07) is 15.2. The molecule has 0 saturated carbocycles. The minimum Gasteiger partial charge on any atom is -0.264 e. The minimum atomic E-state index is -0.439. The lowest BCUT2D eigenvalue weighted by atomic mass is 10.0. The molecule has 8 heteroatoms. The van der Waals surface area contributed by atoms with Gasteiger partial charge >= 0.3 is 0 Å². The van der Waals surface area contributed by atoms with Crippen LogP contribution in [0.15, 0.2) is 77.1 Å². The third kappa shape index (κ3) is 3.40. The van der Waals surface area contributed by atoms with Crippen LogP contribution in [-0.4, -0.2) is 21.5 Å². The highest BCUT2D eigenvalue weighted by Gasteiger charge is 2.18. The van der Waals surface area contributed by atoms with E-state index in [0.717, 1.165) is 11.1 Å². The number of rotatable bonds is 3. The first-order valence-electron chi connectivity index (χ1n) is 7.99. The first-order valence-corrected chi connectivity index (χ1v) is 8.37. The zero-order valence-electron chi connectivity index (χ0n) is 13.8. The summed E-state index contributed by atoms with van der Waals surface area (Å²) in [5.74, 6) is 0.545. The smallest absolute Gasteiger partial charge is 0.264 e. The molecular formula is C19H12ClN5O2. The molecule has 3 aromatic rings. The van der Waals surface area contributed by atoms with Crippen LogP contribution in [0.25, 0.3) is 0 Å². The number of nitro groups is 1. The second-order valence-electron chi connectivity index (χ2n) is 5.74. The third-order valence-corrected chi connectivity index (χ3v) is 4.24. The molecule has 27 heavy (non-hydrogen) atoms. The number of benzene rings is 2.